The molecule has 1 aromatic rings. The Bertz CT molecular complexity index is 401. The van der Waals surface area contributed by atoms with Crippen LogP contribution in [-0.2, 0) is 14.5 Å². The molecule has 1 radical (unpaired) electrons. The average molecular weight is 251 g/mol. The summed E-state index contributed by atoms with van der Waals surface area (Å²) in [5.41, 5.74) is 2.65. The maximum Gasteiger partial charge on any atom is 0.373 e. The highest BCUT2D eigenvalue weighted by Crippen LogP contribution is 2.11. The lowest BCUT2D eigenvalue weighted by Gasteiger charge is -2.08. The van der Waals surface area contributed by atoms with Crippen LogP contribution in [0.25, 0.3) is 0 Å². The maximum atomic E-state index is 11.6. The van der Waals surface area contributed by atoms with Crippen molar-refractivity contribution in [3.8, 4) is 0 Å². The molecule has 0 fully saturated rings. The molecule has 99 valence electrons. The molecule has 0 amide bonds. The van der Waals surface area contributed by atoms with Crippen LogP contribution in [0.4, 0.5) is 0 Å². The van der Waals surface area contributed by atoms with E-state index in [0.29, 0.717) is 12.0 Å². The minimum atomic E-state index is -0.501. The van der Waals surface area contributed by atoms with Gasteiger partial charge in [0.25, 0.3) is 0 Å². The molecule has 0 aliphatic rings. The average Bonchev–Trinajstić information content (AvgIpc) is 2.37. The summed E-state index contributed by atoms with van der Waals surface area (Å²) in [6.45, 7) is 7.23. The SMILES string of the molecule is COC(C)C[CH]OOC(=O)c1ccc(C)c(C)c1. The molecule has 1 aromatic carbocycles. The van der Waals surface area contributed by atoms with E-state index in [-0.39, 0.29) is 6.10 Å². The van der Waals surface area contributed by atoms with Crippen molar-refractivity contribution >= 4 is 5.97 Å². The number of aryl methyl sites for hydroxylation is 2. The second-order valence-electron chi connectivity index (χ2n) is 4.21. The summed E-state index contributed by atoms with van der Waals surface area (Å²) in [5, 5.41) is 0. The van der Waals surface area contributed by atoms with Gasteiger partial charge in [0, 0.05) is 13.5 Å². The van der Waals surface area contributed by atoms with E-state index >= 15 is 0 Å². The smallest absolute Gasteiger partial charge is 0.373 e. The summed E-state index contributed by atoms with van der Waals surface area (Å²) < 4.78 is 5.02. The maximum absolute atomic E-state index is 11.6. The van der Waals surface area contributed by atoms with Gasteiger partial charge in [-0.15, -0.1) is 0 Å². The van der Waals surface area contributed by atoms with Crippen LogP contribution in [0.3, 0.4) is 0 Å². The lowest BCUT2D eigenvalue weighted by atomic mass is 10.1. The van der Waals surface area contributed by atoms with E-state index < -0.39 is 5.97 Å². The van der Waals surface area contributed by atoms with Gasteiger partial charge < -0.3 is 4.74 Å². The second-order valence-corrected chi connectivity index (χ2v) is 4.21. The van der Waals surface area contributed by atoms with Crippen molar-refractivity contribution in [1.82, 2.24) is 0 Å². The predicted molar refractivity (Wildman–Crippen MR) is 67.8 cm³/mol. The van der Waals surface area contributed by atoms with Gasteiger partial charge in [-0.3, -0.25) is 4.89 Å². The number of rotatable bonds is 6. The van der Waals surface area contributed by atoms with E-state index in [1.54, 1.807) is 19.2 Å². The van der Waals surface area contributed by atoms with Crippen LogP contribution in [-0.4, -0.2) is 19.2 Å². The Labute approximate surface area is 108 Å². The highest BCUT2D eigenvalue weighted by Gasteiger charge is 2.10. The molecule has 0 bridgehead atoms. The number of hydrogen-bond donors (Lipinski definition) is 0. The third kappa shape index (κ3) is 4.47. The van der Waals surface area contributed by atoms with Crippen molar-refractivity contribution in [2.75, 3.05) is 7.11 Å². The Hall–Kier alpha value is -1.39. The zero-order valence-electron chi connectivity index (χ0n) is 11.2. The quantitative estimate of drug-likeness (QED) is 0.443. The number of benzene rings is 1. The molecule has 4 nitrogen and oxygen atoms in total. The van der Waals surface area contributed by atoms with Gasteiger partial charge in [0.1, 0.15) is 6.61 Å². The lowest BCUT2D eigenvalue weighted by Crippen LogP contribution is -2.09. The normalized spacial score (nSPS) is 12.2. The zero-order chi connectivity index (χ0) is 13.5. The second kappa shape index (κ2) is 7.13. The van der Waals surface area contributed by atoms with Gasteiger partial charge in [0.05, 0.1) is 11.7 Å². The van der Waals surface area contributed by atoms with Gasteiger partial charge in [0.15, 0.2) is 0 Å². The molecule has 1 rings (SSSR count). The monoisotopic (exact) mass is 251 g/mol. The molecular formula is C14H19O4. The van der Waals surface area contributed by atoms with E-state index in [0.717, 1.165) is 11.1 Å². The van der Waals surface area contributed by atoms with E-state index in [2.05, 4.69) is 4.89 Å². The van der Waals surface area contributed by atoms with E-state index in [1.165, 1.54) is 6.61 Å². The first-order valence-corrected chi connectivity index (χ1v) is 5.84. The molecule has 0 heterocycles. The van der Waals surface area contributed by atoms with E-state index in [1.807, 2.05) is 26.8 Å². The van der Waals surface area contributed by atoms with Crippen LogP contribution in [0.15, 0.2) is 18.2 Å². The van der Waals surface area contributed by atoms with Crippen molar-refractivity contribution in [2.45, 2.75) is 33.3 Å². The molecule has 1 atom stereocenters. The Balaban J connectivity index is 2.39. The lowest BCUT2D eigenvalue weighted by molar-refractivity contribution is -0.215. The van der Waals surface area contributed by atoms with Crippen molar-refractivity contribution in [2.24, 2.45) is 0 Å². The van der Waals surface area contributed by atoms with Crippen molar-refractivity contribution in [3.63, 3.8) is 0 Å². The number of ether oxygens (including phenoxy) is 1. The zero-order valence-corrected chi connectivity index (χ0v) is 11.2. The molecule has 0 saturated heterocycles. The Morgan fingerprint density at radius 1 is 1.33 bits per heavy atom. The first-order valence-electron chi connectivity index (χ1n) is 5.84. The summed E-state index contributed by atoms with van der Waals surface area (Å²) in [7, 11) is 1.61. The molecule has 0 aliphatic carbocycles. The molecule has 0 aliphatic heterocycles. The summed E-state index contributed by atoms with van der Waals surface area (Å²) in [6, 6.07) is 5.37. The fraction of sp³-hybridized carbons (Fsp3) is 0.429. The standard InChI is InChI=1S/C14H19O4/c1-10-5-6-13(9-11(10)2)14(15)18-17-8-7-12(3)16-4/h5-6,8-9,12H,7H2,1-4H3. The first kappa shape index (κ1) is 14.7. The van der Waals surface area contributed by atoms with Crippen molar-refractivity contribution in [3.05, 3.63) is 41.5 Å². The number of methoxy groups -OCH3 is 1. The van der Waals surface area contributed by atoms with Gasteiger partial charge in [-0.05, 0) is 44.0 Å². The fourth-order valence-corrected chi connectivity index (χ4v) is 1.27. The third-order valence-electron chi connectivity index (χ3n) is 2.76. The summed E-state index contributed by atoms with van der Waals surface area (Å²) in [6.07, 6.45) is 0.585. The Morgan fingerprint density at radius 3 is 2.67 bits per heavy atom. The molecule has 0 aromatic heterocycles. The molecule has 4 heteroatoms. The van der Waals surface area contributed by atoms with Gasteiger partial charge in [-0.1, -0.05) is 6.07 Å². The van der Waals surface area contributed by atoms with Crippen LogP contribution in [0.5, 0.6) is 0 Å². The van der Waals surface area contributed by atoms with Crippen LogP contribution in [0, 0.1) is 20.5 Å². The highest BCUT2D eigenvalue weighted by atomic mass is 17.2. The molecule has 18 heavy (non-hydrogen) atoms. The van der Waals surface area contributed by atoms with Crippen LogP contribution >= 0.6 is 0 Å². The van der Waals surface area contributed by atoms with Crippen LogP contribution in [0.2, 0.25) is 0 Å². The topological polar surface area (TPSA) is 44.8 Å². The van der Waals surface area contributed by atoms with Gasteiger partial charge in [-0.25, -0.2) is 4.79 Å². The van der Waals surface area contributed by atoms with Crippen LogP contribution in [0.1, 0.15) is 34.8 Å². The molecule has 0 spiro atoms. The number of carbonyl (C=O) groups excluding carboxylic acids is 1. The summed E-state index contributed by atoms with van der Waals surface area (Å²) in [5.74, 6) is -0.501. The van der Waals surface area contributed by atoms with Gasteiger partial charge in [-0.2, -0.15) is 4.89 Å². The minimum absolute atomic E-state index is 0.0327. The van der Waals surface area contributed by atoms with Crippen molar-refractivity contribution in [1.29, 1.82) is 0 Å². The molecule has 0 N–H and O–H groups in total. The largest absolute Gasteiger partial charge is 0.382 e. The summed E-state index contributed by atoms with van der Waals surface area (Å²) >= 11 is 0. The Morgan fingerprint density at radius 2 is 2.06 bits per heavy atom. The number of hydrogen-bond acceptors (Lipinski definition) is 4. The summed E-state index contributed by atoms with van der Waals surface area (Å²) in [4.78, 5) is 21.0. The van der Waals surface area contributed by atoms with Crippen LogP contribution < -0.4 is 0 Å². The third-order valence-corrected chi connectivity index (χ3v) is 2.76. The van der Waals surface area contributed by atoms with E-state index in [9.17, 15) is 4.79 Å². The molecular weight excluding hydrogens is 232 g/mol. The van der Waals surface area contributed by atoms with Crippen molar-refractivity contribution < 1.29 is 19.3 Å². The minimum Gasteiger partial charge on any atom is -0.382 e. The van der Waals surface area contributed by atoms with Gasteiger partial charge in [0.2, 0.25) is 0 Å². The Kier molecular flexibility index (Phi) is 5.82. The fourth-order valence-electron chi connectivity index (χ4n) is 1.27. The number of carbonyl (C=O) groups is 1. The molecule has 0 saturated carbocycles. The van der Waals surface area contributed by atoms with Gasteiger partial charge >= 0.3 is 5.97 Å². The predicted octanol–water partition coefficient (Wildman–Crippen LogP) is 2.98. The molecule has 1 unspecified atom stereocenters. The van der Waals surface area contributed by atoms with E-state index in [4.69, 9.17) is 9.62 Å². The first-order chi connectivity index (χ1) is 8.54. The highest BCUT2D eigenvalue weighted by molar-refractivity contribution is 5.89.